The molecular formula is C9H14N2O4S. The van der Waals surface area contributed by atoms with Crippen molar-refractivity contribution in [3.8, 4) is 0 Å². The molecule has 1 unspecified atom stereocenters. The van der Waals surface area contributed by atoms with Crippen molar-refractivity contribution in [2.75, 3.05) is 6.61 Å². The van der Waals surface area contributed by atoms with Gasteiger partial charge in [0.1, 0.15) is 0 Å². The van der Waals surface area contributed by atoms with Crippen LogP contribution in [-0.4, -0.2) is 31.2 Å². The predicted molar refractivity (Wildman–Crippen MR) is 58.5 cm³/mol. The molecule has 0 aliphatic heterocycles. The van der Waals surface area contributed by atoms with Crippen molar-refractivity contribution in [2.45, 2.75) is 24.3 Å². The van der Waals surface area contributed by atoms with E-state index in [1.54, 1.807) is 6.92 Å². The summed E-state index contributed by atoms with van der Waals surface area (Å²) in [7, 11) is -3.68. The molecule has 3 N–H and O–H groups in total. The molecule has 0 saturated carbocycles. The average Bonchev–Trinajstić information content (AvgIpc) is 2.26. The van der Waals surface area contributed by atoms with E-state index in [0.717, 1.165) is 12.3 Å². The summed E-state index contributed by atoms with van der Waals surface area (Å²) < 4.78 is 25.8. The third-order valence-electron chi connectivity index (χ3n) is 2.10. The summed E-state index contributed by atoms with van der Waals surface area (Å²) in [4.78, 5) is 13.0. The molecule has 0 spiro atoms. The summed E-state index contributed by atoms with van der Waals surface area (Å²) in [5.41, 5.74) is -0.367. The van der Waals surface area contributed by atoms with Crippen molar-refractivity contribution in [3.05, 3.63) is 28.7 Å². The Balaban J connectivity index is 2.94. The number of aromatic nitrogens is 1. The maximum atomic E-state index is 11.7. The highest BCUT2D eigenvalue weighted by molar-refractivity contribution is 7.89. The van der Waals surface area contributed by atoms with E-state index in [1.807, 2.05) is 0 Å². The van der Waals surface area contributed by atoms with Gasteiger partial charge in [-0.2, -0.15) is 0 Å². The molecule has 1 aromatic rings. The Hall–Kier alpha value is -1.18. The summed E-state index contributed by atoms with van der Waals surface area (Å²) >= 11 is 0. The van der Waals surface area contributed by atoms with Gasteiger partial charge >= 0.3 is 0 Å². The molecule has 0 radical (unpaired) electrons. The lowest BCUT2D eigenvalue weighted by Gasteiger charge is -2.13. The number of aromatic amines is 1. The SMILES string of the molecule is CCC(CO)NS(=O)(=O)c1ccc(=O)[nH]c1. The van der Waals surface area contributed by atoms with Crippen LogP contribution in [0.15, 0.2) is 28.0 Å². The second-order valence-electron chi connectivity index (χ2n) is 3.30. The Morgan fingerprint density at radius 1 is 1.50 bits per heavy atom. The number of hydrogen-bond donors (Lipinski definition) is 3. The van der Waals surface area contributed by atoms with Gasteiger partial charge in [-0.25, -0.2) is 13.1 Å². The lowest BCUT2D eigenvalue weighted by molar-refractivity contribution is 0.254. The first kappa shape index (κ1) is 12.9. The highest BCUT2D eigenvalue weighted by Crippen LogP contribution is 2.06. The van der Waals surface area contributed by atoms with E-state index in [4.69, 9.17) is 5.11 Å². The second-order valence-corrected chi connectivity index (χ2v) is 5.01. The number of nitrogens with one attached hydrogen (secondary N) is 2. The van der Waals surface area contributed by atoms with Gasteiger partial charge in [0.25, 0.3) is 0 Å². The van der Waals surface area contributed by atoms with Crippen molar-refractivity contribution in [1.82, 2.24) is 9.71 Å². The fourth-order valence-corrected chi connectivity index (χ4v) is 2.38. The first-order valence-corrected chi connectivity index (χ1v) is 6.30. The van der Waals surface area contributed by atoms with E-state index in [0.29, 0.717) is 6.42 Å². The van der Waals surface area contributed by atoms with Crippen LogP contribution >= 0.6 is 0 Å². The summed E-state index contributed by atoms with van der Waals surface area (Å²) in [6, 6.07) is 1.83. The largest absolute Gasteiger partial charge is 0.395 e. The van der Waals surface area contributed by atoms with Crippen molar-refractivity contribution in [1.29, 1.82) is 0 Å². The zero-order valence-corrected chi connectivity index (χ0v) is 9.62. The molecule has 0 aliphatic carbocycles. The number of rotatable bonds is 5. The molecule has 0 aromatic carbocycles. The van der Waals surface area contributed by atoms with Crippen molar-refractivity contribution >= 4 is 10.0 Å². The van der Waals surface area contributed by atoms with Gasteiger partial charge in [-0.15, -0.1) is 0 Å². The summed E-state index contributed by atoms with van der Waals surface area (Å²) in [5.74, 6) is 0. The number of sulfonamides is 1. The van der Waals surface area contributed by atoms with Gasteiger partial charge in [0.2, 0.25) is 15.6 Å². The lowest BCUT2D eigenvalue weighted by Crippen LogP contribution is -2.37. The molecule has 0 bridgehead atoms. The number of aliphatic hydroxyl groups excluding tert-OH is 1. The van der Waals surface area contributed by atoms with E-state index >= 15 is 0 Å². The summed E-state index contributed by atoms with van der Waals surface area (Å²) in [6.07, 6.45) is 1.61. The molecular weight excluding hydrogens is 232 g/mol. The van der Waals surface area contributed by atoms with E-state index in [1.165, 1.54) is 6.07 Å². The number of H-pyrrole nitrogens is 1. The van der Waals surface area contributed by atoms with Crippen LogP contribution in [0.25, 0.3) is 0 Å². The molecule has 1 aromatic heterocycles. The van der Waals surface area contributed by atoms with Gasteiger partial charge in [-0.05, 0) is 12.5 Å². The smallest absolute Gasteiger partial charge is 0.247 e. The first-order valence-electron chi connectivity index (χ1n) is 4.81. The number of pyridine rings is 1. The van der Waals surface area contributed by atoms with E-state index < -0.39 is 16.1 Å². The highest BCUT2D eigenvalue weighted by Gasteiger charge is 2.18. The van der Waals surface area contributed by atoms with Crippen LogP contribution in [0, 0.1) is 0 Å². The molecule has 0 fully saturated rings. The molecule has 90 valence electrons. The molecule has 16 heavy (non-hydrogen) atoms. The monoisotopic (exact) mass is 246 g/mol. The molecule has 0 saturated heterocycles. The Morgan fingerprint density at radius 2 is 2.19 bits per heavy atom. The standard InChI is InChI=1S/C9H14N2O4S/c1-2-7(6-12)11-16(14,15)8-3-4-9(13)10-5-8/h3-5,7,11-12H,2,6H2,1H3,(H,10,13). The Morgan fingerprint density at radius 3 is 2.62 bits per heavy atom. The third-order valence-corrected chi connectivity index (χ3v) is 3.62. The minimum Gasteiger partial charge on any atom is -0.395 e. The zero-order chi connectivity index (χ0) is 12.2. The Kier molecular flexibility index (Phi) is 4.22. The van der Waals surface area contributed by atoms with E-state index in [-0.39, 0.29) is 17.1 Å². The van der Waals surface area contributed by atoms with Crippen molar-refractivity contribution in [3.63, 3.8) is 0 Å². The summed E-state index contributed by atoms with van der Waals surface area (Å²) in [5, 5.41) is 8.90. The van der Waals surface area contributed by atoms with Gasteiger partial charge < -0.3 is 10.1 Å². The van der Waals surface area contributed by atoms with Crippen LogP contribution in [0.5, 0.6) is 0 Å². The van der Waals surface area contributed by atoms with Gasteiger partial charge in [0, 0.05) is 18.3 Å². The molecule has 0 amide bonds. The molecule has 7 heteroatoms. The molecule has 1 rings (SSSR count). The normalized spacial score (nSPS) is 13.6. The Labute approximate surface area is 93.4 Å². The maximum absolute atomic E-state index is 11.7. The molecule has 1 atom stereocenters. The first-order chi connectivity index (χ1) is 7.49. The van der Waals surface area contributed by atoms with Crippen LogP contribution in [0.1, 0.15) is 13.3 Å². The van der Waals surface area contributed by atoms with E-state index in [2.05, 4.69) is 9.71 Å². The maximum Gasteiger partial charge on any atom is 0.247 e. The lowest BCUT2D eigenvalue weighted by atomic mass is 10.3. The van der Waals surface area contributed by atoms with Crippen molar-refractivity contribution < 1.29 is 13.5 Å². The van der Waals surface area contributed by atoms with Crippen LogP contribution in [0.3, 0.4) is 0 Å². The second kappa shape index (κ2) is 5.24. The fraction of sp³-hybridized carbons (Fsp3) is 0.444. The Bertz CT molecular complexity index is 470. The van der Waals surface area contributed by atoms with Gasteiger partial charge in [-0.3, -0.25) is 4.79 Å². The topological polar surface area (TPSA) is 99.3 Å². The third kappa shape index (κ3) is 3.16. The van der Waals surface area contributed by atoms with Crippen LogP contribution < -0.4 is 10.3 Å². The minimum atomic E-state index is -3.68. The zero-order valence-electron chi connectivity index (χ0n) is 8.80. The highest BCUT2D eigenvalue weighted by atomic mass is 32.2. The fourth-order valence-electron chi connectivity index (χ4n) is 1.10. The summed E-state index contributed by atoms with van der Waals surface area (Å²) in [6.45, 7) is 1.50. The number of aliphatic hydroxyl groups is 1. The number of hydrogen-bond acceptors (Lipinski definition) is 4. The van der Waals surface area contributed by atoms with Crippen molar-refractivity contribution in [2.24, 2.45) is 0 Å². The van der Waals surface area contributed by atoms with Crippen LogP contribution in [0.2, 0.25) is 0 Å². The molecule has 6 nitrogen and oxygen atoms in total. The molecule has 0 aliphatic rings. The van der Waals surface area contributed by atoms with Gasteiger partial charge in [0.15, 0.2) is 0 Å². The quantitative estimate of drug-likeness (QED) is 0.647. The van der Waals surface area contributed by atoms with Crippen LogP contribution in [0.4, 0.5) is 0 Å². The van der Waals surface area contributed by atoms with Gasteiger partial charge in [0.05, 0.1) is 11.5 Å². The average molecular weight is 246 g/mol. The van der Waals surface area contributed by atoms with Crippen LogP contribution in [-0.2, 0) is 10.0 Å². The van der Waals surface area contributed by atoms with Gasteiger partial charge in [-0.1, -0.05) is 6.92 Å². The molecule has 1 heterocycles. The minimum absolute atomic E-state index is 0.0287. The predicted octanol–water partition coefficient (Wildman–Crippen LogP) is -0.576. The van der Waals surface area contributed by atoms with E-state index in [9.17, 15) is 13.2 Å².